The highest BCUT2D eigenvalue weighted by atomic mass is 16.5. The summed E-state index contributed by atoms with van der Waals surface area (Å²) in [6.45, 7) is 0. The Labute approximate surface area is 73.7 Å². The molecule has 0 radical (unpaired) electrons. The summed E-state index contributed by atoms with van der Waals surface area (Å²) in [6.07, 6.45) is 0. The van der Waals surface area contributed by atoms with Gasteiger partial charge in [0.2, 0.25) is 5.76 Å². The van der Waals surface area contributed by atoms with E-state index in [2.05, 4.69) is 9.68 Å². The third-order valence-corrected chi connectivity index (χ3v) is 1.35. The molecule has 1 rings (SSSR count). The lowest BCUT2D eigenvalue weighted by Gasteiger charge is -2.05. The lowest BCUT2D eigenvalue weighted by Crippen LogP contribution is -2.21. The van der Waals surface area contributed by atoms with Crippen LogP contribution in [0.1, 0.15) is 21.0 Å². The average Bonchev–Trinajstić information content (AvgIpc) is 2.50. The molecule has 0 fully saturated rings. The van der Waals surface area contributed by atoms with Gasteiger partial charge in [-0.05, 0) is 0 Å². The molecule has 0 bridgehead atoms. The van der Waals surface area contributed by atoms with Gasteiger partial charge in [0.1, 0.15) is 0 Å². The van der Waals surface area contributed by atoms with Gasteiger partial charge < -0.3 is 14.5 Å². The van der Waals surface area contributed by atoms with Crippen LogP contribution in [0, 0.1) is 0 Å². The van der Waals surface area contributed by atoms with Crippen molar-refractivity contribution in [3.05, 3.63) is 17.5 Å². The van der Waals surface area contributed by atoms with Crippen LogP contribution in [0.5, 0.6) is 0 Å². The number of rotatable bonds is 2. The first kappa shape index (κ1) is 9.24. The third kappa shape index (κ3) is 1.84. The summed E-state index contributed by atoms with van der Waals surface area (Å²) in [4.78, 5) is 22.8. The number of hydrogen-bond donors (Lipinski definition) is 1. The van der Waals surface area contributed by atoms with Gasteiger partial charge in [-0.25, -0.2) is 4.79 Å². The number of carboxylic acid groups (broad SMARTS) is 1. The van der Waals surface area contributed by atoms with E-state index in [4.69, 9.17) is 5.11 Å². The van der Waals surface area contributed by atoms with Crippen LogP contribution in [0.25, 0.3) is 0 Å². The van der Waals surface area contributed by atoms with E-state index in [0.717, 1.165) is 6.07 Å². The summed E-state index contributed by atoms with van der Waals surface area (Å²) in [5, 5.41) is 11.8. The lowest BCUT2D eigenvalue weighted by molar-refractivity contribution is 0.0650. The number of carbonyl (C=O) groups excluding carboxylic acids is 1. The Morgan fingerprint density at radius 2 is 2.15 bits per heavy atom. The Morgan fingerprint density at radius 3 is 2.54 bits per heavy atom. The van der Waals surface area contributed by atoms with Crippen molar-refractivity contribution < 1.29 is 19.2 Å². The maximum atomic E-state index is 11.2. The molecule has 0 aromatic carbocycles. The summed E-state index contributed by atoms with van der Waals surface area (Å²) in [6, 6.07) is 1.09. The van der Waals surface area contributed by atoms with Gasteiger partial charge in [0, 0.05) is 20.2 Å². The summed E-state index contributed by atoms with van der Waals surface area (Å²) < 4.78 is 4.40. The van der Waals surface area contributed by atoms with E-state index in [9.17, 15) is 9.59 Å². The second kappa shape index (κ2) is 3.26. The zero-order valence-electron chi connectivity index (χ0n) is 7.14. The van der Waals surface area contributed by atoms with Crippen LogP contribution in [-0.2, 0) is 0 Å². The fourth-order valence-corrected chi connectivity index (χ4v) is 0.706. The number of amides is 1. The fraction of sp³-hybridized carbons (Fsp3) is 0.286. The Morgan fingerprint density at radius 1 is 1.54 bits per heavy atom. The summed E-state index contributed by atoms with van der Waals surface area (Å²) in [7, 11) is 3.08. The Bertz CT molecular complexity index is 342. The predicted octanol–water partition coefficient (Wildman–Crippen LogP) is 0.0746. The van der Waals surface area contributed by atoms with Gasteiger partial charge in [0.05, 0.1) is 0 Å². The Kier molecular flexibility index (Phi) is 2.32. The molecule has 0 atom stereocenters. The van der Waals surface area contributed by atoms with Crippen molar-refractivity contribution in [3.8, 4) is 0 Å². The summed E-state index contributed by atoms with van der Waals surface area (Å²) >= 11 is 0. The van der Waals surface area contributed by atoms with Crippen LogP contribution in [0.3, 0.4) is 0 Å². The number of carbonyl (C=O) groups is 2. The van der Waals surface area contributed by atoms with Crippen molar-refractivity contribution in [2.45, 2.75) is 0 Å². The molecular formula is C7H8N2O4. The average molecular weight is 184 g/mol. The second-order valence-corrected chi connectivity index (χ2v) is 2.58. The fourth-order valence-electron chi connectivity index (χ4n) is 0.706. The first-order chi connectivity index (χ1) is 6.02. The maximum absolute atomic E-state index is 11.2. The number of aromatic nitrogens is 1. The molecule has 6 heteroatoms. The molecule has 1 N–H and O–H groups in total. The number of hydrogen-bond acceptors (Lipinski definition) is 4. The molecule has 1 heterocycles. The molecule has 0 aliphatic rings. The summed E-state index contributed by atoms with van der Waals surface area (Å²) in [5.41, 5.74) is -0.0117. The van der Waals surface area contributed by atoms with Crippen LogP contribution in [0.2, 0.25) is 0 Å². The van der Waals surface area contributed by atoms with Crippen LogP contribution < -0.4 is 0 Å². The minimum absolute atomic E-state index is 0.0117. The van der Waals surface area contributed by atoms with E-state index >= 15 is 0 Å². The number of carboxylic acids is 1. The van der Waals surface area contributed by atoms with Crippen molar-refractivity contribution in [1.82, 2.24) is 10.1 Å². The molecule has 1 amide bonds. The van der Waals surface area contributed by atoms with Gasteiger partial charge >= 0.3 is 5.97 Å². The topological polar surface area (TPSA) is 83.6 Å². The van der Waals surface area contributed by atoms with Gasteiger partial charge in [-0.1, -0.05) is 5.16 Å². The predicted molar refractivity (Wildman–Crippen MR) is 41.5 cm³/mol. The van der Waals surface area contributed by atoms with Gasteiger partial charge in [-0.2, -0.15) is 0 Å². The molecule has 70 valence electrons. The highest BCUT2D eigenvalue weighted by Crippen LogP contribution is 2.04. The van der Waals surface area contributed by atoms with Crippen molar-refractivity contribution in [2.24, 2.45) is 0 Å². The monoisotopic (exact) mass is 184 g/mol. The molecule has 1 aromatic rings. The lowest BCUT2D eigenvalue weighted by atomic mass is 10.3. The van der Waals surface area contributed by atoms with E-state index in [1.165, 1.54) is 19.0 Å². The smallest absolute Gasteiger partial charge is 0.374 e. The van der Waals surface area contributed by atoms with Crippen LogP contribution in [0.15, 0.2) is 10.6 Å². The van der Waals surface area contributed by atoms with Gasteiger partial charge in [-0.3, -0.25) is 4.79 Å². The van der Waals surface area contributed by atoms with E-state index < -0.39 is 11.9 Å². The zero-order chi connectivity index (χ0) is 10.0. The minimum atomic E-state index is -1.25. The third-order valence-electron chi connectivity index (χ3n) is 1.35. The largest absolute Gasteiger partial charge is 0.475 e. The molecular weight excluding hydrogens is 176 g/mol. The molecule has 0 spiro atoms. The molecule has 13 heavy (non-hydrogen) atoms. The number of nitrogens with zero attached hydrogens (tertiary/aromatic N) is 2. The van der Waals surface area contributed by atoms with Gasteiger partial charge in [0.25, 0.3) is 5.91 Å². The zero-order valence-corrected chi connectivity index (χ0v) is 7.14. The van der Waals surface area contributed by atoms with Gasteiger partial charge in [0.15, 0.2) is 5.69 Å². The molecule has 1 aromatic heterocycles. The van der Waals surface area contributed by atoms with Crippen LogP contribution >= 0.6 is 0 Å². The van der Waals surface area contributed by atoms with E-state index in [-0.39, 0.29) is 11.5 Å². The standard InChI is InChI=1S/C7H8N2O4/c1-9(2)6(10)4-3-5(7(11)12)13-8-4/h3H,1-2H3,(H,11,12). The van der Waals surface area contributed by atoms with Crippen LogP contribution in [-0.4, -0.2) is 41.1 Å². The Hall–Kier alpha value is -1.85. The van der Waals surface area contributed by atoms with E-state index in [0.29, 0.717) is 0 Å². The van der Waals surface area contributed by atoms with Crippen molar-refractivity contribution in [3.63, 3.8) is 0 Å². The van der Waals surface area contributed by atoms with Crippen molar-refractivity contribution in [2.75, 3.05) is 14.1 Å². The minimum Gasteiger partial charge on any atom is -0.475 e. The SMILES string of the molecule is CN(C)C(=O)c1cc(C(=O)O)on1. The molecule has 0 aliphatic carbocycles. The van der Waals surface area contributed by atoms with Crippen molar-refractivity contribution >= 4 is 11.9 Å². The van der Waals surface area contributed by atoms with Gasteiger partial charge in [-0.15, -0.1) is 0 Å². The van der Waals surface area contributed by atoms with E-state index in [1.54, 1.807) is 0 Å². The normalized spacial score (nSPS) is 9.69. The highest BCUT2D eigenvalue weighted by molar-refractivity contribution is 5.94. The quantitative estimate of drug-likeness (QED) is 0.703. The first-order valence-electron chi connectivity index (χ1n) is 3.44. The molecule has 0 saturated heterocycles. The highest BCUT2D eigenvalue weighted by Gasteiger charge is 2.17. The molecule has 0 aliphatic heterocycles. The Balaban J connectivity index is 2.92. The first-order valence-corrected chi connectivity index (χ1v) is 3.44. The molecule has 0 saturated carbocycles. The maximum Gasteiger partial charge on any atom is 0.374 e. The van der Waals surface area contributed by atoms with Crippen LogP contribution in [0.4, 0.5) is 0 Å². The number of aromatic carboxylic acids is 1. The molecule has 0 unspecified atom stereocenters. The van der Waals surface area contributed by atoms with E-state index in [1.807, 2.05) is 0 Å². The van der Waals surface area contributed by atoms with Crippen molar-refractivity contribution in [1.29, 1.82) is 0 Å². The second-order valence-electron chi connectivity index (χ2n) is 2.58. The summed E-state index contributed by atoms with van der Waals surface area (Å²) in [5.74, 6) is -1.98. The molecule has 6 nitrogen and oxygen atoms in total.